The van der Waals surface area contributed by atoms with Gasteiger partial charge < -0.3 is 10.1 Å². The number of para-hydroxylation sites is 1. The van der Waals surface area contributed by atoms with E-state index in [2.05, 4.69) is 5.32 Å². The van der Waals surface area contributed by atoms with Crippen molar-refractivity contribution in [3.8, 4) is 11.5 Å². The van der Waals surface area contributed by atoms with Crippen LogP contribution in [0.4, 0.5) is 8.78 Å². The van der Waals surface area contributed by atoms with E-state index in [0.717, 1.165) is 37.2 Å². The first-order valence-electron chi connectivity index (χ1n) is 6.66. The highest BCUT2D eigenvalue weighted by atomic mass is 19.2. The third-order valence-electron chi connectivity index (χ3n) is 3.54. The van der Waals surface area contributed by atoms with Gasteiger partial charge in [-0.05, 0) is 36.7 Å². The fourth-order valence-electron chi connectivity index (χ4n) is 2.50. The summed E-state index contributed by atoms with van der Waals surface area (Å²) in [7, 11) is 0. The lowest BCUT2D eigenvalue weighted by atomic mass is 9.97. The molecule has 1 N–H and O–H groups in total. The lowest BCUT2D eigenvalue weighted by molar-refractivity contribution is 0.454. The van der Waals surface area contributed by atoms with Crippen LogP contribution in [0.2, 0.25) is 0 Å². The zero-order valence-corrected chi connectivity index (χ0v) is 10.9. The highest BCUT2D eigenvalue weighted by Crippen LogP contribution is 2.33. The van der Waals surface area contributed by atoms with E-state index in [1.807, 2.05) is 24.3 Å². The van der Waals surface area contributed by atoms with Gasteiger partial charge in [-0.1, -0.05) is 18.2 Å². The normalized spacial score (nSPS) is 18.2. The fraction of sp³-hybridized carbons (Fsp3) is 0.250. The molecule has 2 nitrogen and oxygen atoms in total. The van der Waals surface area contributed by atoms with Crippen LogP contribution in [-0.4, -0.2) is 13.1 Å². The van der Waals surface area contributed by atoms with Gasteiger partial charge >= 0.3 is 0 Å². The van der Waals surface area contributed by atoms with E-state index in [4.69, 9.17) is 4.74 Å². The Kier molecular flexibility index (Phi) is 3.65. The van der Waals surface area contributed by atoms with Gasteiger partial charge in [0.1, 0.15) is 11.5 Å². The number of hydrogen-bond donors (Lipinski definition) is 1. The first kappa shape index (κ1) is 13.1. The summed E-state index contributed by atoms with van der Waals surface area (Å²) in [5.41, 5.74) is 1.10. The van der Waals surface area contributed by atoms with Crippen molar-refractivity contribution in [1.29, 1.82) is 0 Å². The van der Waals surface area contributed by atoms with Crippen LogP contribution < -0.4 is 10.1 Å². The third kappa shape index (κ3) is 2.65. The van der Waals surface area contributed by atoms with Gasteiger partial charge in [0.2, 0.25) is 0 Å². The van der Waals surface area contributed by atoms with Crippen LogP contribution in [0.3, 0.4) is 0 Å². The zero-order chi connectivity index (χ0) is 13.9. The minimum atomic E-state index is -0.900. The van der Waals surface area contributed by atoms with E-state index in [-0.39, 0.29) is 0 Å². The summed E-state index contributed by atoms with van der Waals surface area (Å²) in [6, 6.07) is 11.3. The molecule has 2 aromatic carbocycles. The molecule has 1 fully saturated rings. The van der Waals surface area contributed by atoms with Crippen molar-refractivity contribution in [3.63, 3.8) is 0 Å². The standard InChI is InChI=1S/C16H15F2NO/c17-14-6-5-12(9-15(14)18)20-16-4-2-1-3-13(16)11-7-8-19-10-11/h1-6,9,11,19H,7-8,10H2. The molecule has 1 atom stereocenters. The third-order valence-corrected chi connectivity index (χ3v) is 3.54. The summed E-state index contributed by atoms with van der Waals surface area (Å²) in [5.74, 6) is -0.362. The Bertz CT molecular complexity index is 609. The molecular formula is C16H15F2NO. The topological polar surface area (TPSA) is 21.3 Å². The molecular weight excluding hydrogens is 260 g/mol. The maximum absolute atomic E-state index is 13.2. The van der Waals surface area contributed by atoms with Gasteiger partial charge in [0, 0.05) is 18.5 Å². The SMILES string of the molecule is Fc1ccc(Oc2ccccc2C2CCNC2)cc1F. The zero-order valence-electron chi connectivity index (χ0n) is 10.9. The molecule has 1 heterocycles. The maximum atomic E-state index is 13.2. The molecule has 0 aliphatic carbocycles. The van der Waals surface area contributed by atoms with Gasteiger partial charge in [0.25, 0.3) is 0 Å². The number of hydrogen-bond acceptors (Lipinski definition) is 2. The summed E-state index contributed by atoms with van der Waals surface area (Å²) >= 11 is 0. The number of ether oxygens (including phenoxy) is 1. The molecule has 0 spiro atoms. The second kappa shape index (κ2) is 5.59. The predicted octanol–water partition coefficient (Wildman–Crippen LogP) is 3.83. The Labute approximate surface area is 116 Å². The molecule has 0 bridgehead atoms. The Morgan fingerprint density at radius 1 is 1.05 bits per heavy atom. The van der Waals surface area contributed by atoms with Gasteiger partial charge in [-0.2, -0.15) is 0 Å². The van der Waals surface area contributed by atoms with Crippen LogP contribution in [0.15, 0.2) is 42.5 Å². The van der Waals surface area contributed by atoms with Crippen molar-refractivity contribution in [2.24, 2.45) is 0 Å². The van der Waals surface area contributed by atoms with Crippen LogP contribution in [0.5, 0.6) is 11.5 Å². The molecule has 4 heteroatoms. The fourth-order valence-corrected chi connectivity index (χ4v) is 2.50. The molecule has 1 saturated heterocycles. The van der Waals surface area contributed by atoms with E-state index in [1.165, 1.54) is 6.07 Å². The van der Waals surface area contributed by atoms with Gasteiger partial charge in [0.15, 0.2) is 11.6 Å². The molecule has 2 aromatic rings. The molecule has 104 valence electrons. The molecule has 1 aliphatic rings. The van der Waals surface area contributed by atoms with Crippen molar-refractivity contribution >= 4 is 0 Å². The molecule has 1 unspecified atom stereocenters. The average Bonchev–Trinajstić information content (AvgIpc) is 2.97. The summed E-state index contributed by atoms with van der Waals surface area (Å²) < 4.78 is 31.9. The highest BCUT2D eigenvalue weighted by molar-refractivity contribution is 5.40. The molecule has 3 rings (SSSR count). The summed E-state index contributed by atoms with van der Waals surface area (Å²) in [6.45, 7) is 1.91. The van der Waals surface area contributed by atoms with E-state index in [1.54, 1.807) is 0 Å². The largest absolute Gasteiger partial charge is 0.457 e. The molecule has 0 aromatic heterocycles. The lowest BCUT2D eigenvalue weighted by Crippen LogP contribution is -2.08. The van der Waals surface area contributed by atoms with E-state index < -0.39 is 11.6 Å². The number of rotatable bonds is 3. The second-order valence-electron chi connectivity index (χ2n) is 4.91. The number of nitrogens with one attached hydrogen (secondary N) is 1. The molecule has 1 aliphatic heterocycles. The van der Waals surface area contributed by atoms with Crippen LogP contribution in [0.25, 0.3) is 0 Å². The average molecular weight is 275 g/mol. The van der Waals surface area contributed by atoms with Gasteiger partial charge in [-0.25, -0.2) is 8.78 Å². The van der Waals surface area contributed by atoms with Gasteiger partial charge in [-0.3, -0.25) is 0 Å². The van der Waals surface area contributed by atoms with E-state index in [9.17, 15) is 8.78 Å². The molecule has 0 amide bonds. The lowest BCUT2D eigenvalue weighted by Gasteiger charge is -2.15. The minimum Gasteiger partial charge on any atom is -0.457 e. The monoisotopic (exact) mass is 275 g/mol. The van der Waals surface area contributed by atoms with Crippen molar-refractivity contribution < 1.29 is 13.5 Å². The Morgan fingerprint density at radius 3 is 2.65 bits per heavy atom. The summed E-state index contributed by atoms with van der Waals surface area (Å²) in [5, 5.41) is 3.31. The Hall–Kier alpha value is -1.94. The molecule has 0 saturated carbocycles. The molecule has 0 radical (unpaired) electrons. The summed E-state index contributed by atoms with van der Waals surface area (Å²) in [6.07, 6.45) is 1.05. The smallest absolute Gasteiger partial charge is 0.162 e. The number of benzene rings is 2. The van der Waals surface area contributed by atoms with E-state index >= 15 is 0 Å². The van der Waals surface area contributed by atoms with Crippen molar-refractivity contribution in [2.45, 2.75) is 12.3 Å². The van der Waals surface area contributed by atoms with Crippen molar-refractivity contribution in [1.82, 2.24) is 5.32 Å². The maximum Gasteiger partial charge on any atom is 0.162 e. The first-order valence-corrected chi connectivity index (χ1v) is 6.66. The number of halogens is 2. The Balaban J connectivity index is 1.88. The van der Waals surface area contributed by atoms with Crippen LogP contribution in [0.1, 0.15) is 17.9 Å². The first-order chi connectivity index (χ1) is 9.74. The second-order valence-corrected chi connectivity index (χ2v) is 4.91. The van der Waals surface area contributed by atoms with Crippen LogP contribution in [-0.2, 0) is 0 Å². The minimum absolute atomic E-state index is 0.308. The van der Waals surface area contributed by atoms with E-state index in [0.29, 0.717) is 17.4 Å². The summed E-state index contributed by atoms with van der Waals surface area (Å²) in [4.78, 5) is 0. The van der Waals surface area contributed by atoms with Crippen LogP contribution >= 0.6 is 0 Å². The molecule has 20 heavy (non-hydrogen) atoms. The van der Waals surface area contributed by atoms with Crippen molar-refractivity contribution in [2.75, 3.05) is 13.1 Å². The van der Waals surface area contributed by atoms with Gasteiger partial charge in [0.05, 0.1) is 0 Å². The van der Waals surface area contributed by atoms with Gasteiger partial charge in [-0.15, -0.1) is 0 Å². The highest BCUT2D eigenvalue weighted by Gasteiger charge is 2.20. The Morgan fingerprint density at radius 2 is 1.90 bits per heavy atom. The predicted molar refractivity (Wildman–Crippen MR) is 73.1 cm³/mol. The quantitative estimate of drug-likeness (QED) is 0.919. The van der Waals surface area contributed by atoms with Crippen molar-refractivity contribution in [3.05, 3.63) is 59.7 Å². The van der Waals surface area contributed by atoms with Crippen LogP contribution in [0, 0.1) is 11.6 Å².